The standard InChI is InChI=1S/C11H15N3O3S/c1-6-8(4-13(3)12-6)10(15)14-7(2)18-5-9(14)11(16)17/h4,7,9H,5H2,1-3H3,(H,16,17). The monoisotopic (exact) mass is 269 g/mol. The summed E-state index contributed by atoms with van der Waals surface area (Å²) in [5.74, 6) is -0.783. The molecule has 0 bridgehead atoms. The summed E-state index contributed by atoms with van der Waals surface area (Å²) in [5.41, 5.74) is 1.09. The first-order valence-electron chi connectivity index (χ1n) is 5.59. The van der Waals surface area contributed by atoms with Gasteiger partial charge in [0, 0.05) is 19.0 Å². The van der Waals surface area contributed by atoms with E-state index in [-0.39, 0.29) is 11.3 Å². The van der Waals surface area contributed by atoms with E-state index < -0.39 is 12.0 Å². The smallest absolute Gasteiger partial charge is 0.327 e. The van der Waals surface area contributed by atoms with Crippen molar-refractivity contribution >= 4 is 23.6 Å². The van der Waals surface area contributed by atoms with Crippen LogP contribution in [0.3, 0.4) is 0 Å². The van der Waals surface area contributed by atoms with Gasteiger partial charge in [-0.1, -0.05) is 0 Å². The van der Waals surface area contributed by atoms with E-state index in [9.17, 15) is 9.59 Å². The molecular weight excluding hydrogens is 254 g/mol. The van der Waals surface area contributed by atoms with Crippen LogP contribution in [0, 0.1) is 6.92 Å². The number of aromatic nitrogens is 2. The molecule has 2 atom stereocenters. The Labute approximate surface area is 109 Å². The van der Waals surface area contributed by atoms with E-state index in [1.165, 1.54) is 16.7 Å². The molecule has 2 unspecified atom stereocenters. The highest BCUT2D eigenvalue weighted by molar-refractivity contribution is 8.00. The molecule has 1 aliphatic heterocycles. The van der Waals surface area contributed by atoms with Gasteiger partial charge in [-0.3, -0.25) is 9.48 Å². The summed E-state index contributed by atoms with van der Waals surface area (Å²) in [4.78, 5) is 25.0. The number of carbonyl (C=O) groups is 2. The molecule has 0 radical (unpaired) electrons. The lowest BCUT2D eigenvalue weighted by atomic mass is 10.2. The zero-order chi connectivity index (χ0) is 13.4. The zero-order valence-electron chi connectivity index (χ0n) is 10.5. The predicted molar refractivity (Wildman–Crippen MR) is 67.5 cm³/mol. The number of aryl methyl sites for hydroxylation is 2. The maximum atomic E-state index is 12.4. The third-order valence-corrected chi connectivity index (χ3v) is 4.20. The number of amides is 1. The Hall–Kier alpha value is -1.50. The van der Waals surface area contributed by atoms with Crippen molar-refractivity contribution in [3.8, 4) is 0 Å². The number of rotatable bonds is 2. The Bertz CT molecular complexity index is 500. The fraction of sp³-hybridized carbons (Fsp3) is 0.545. The van der Waals surface area contributed by atoms with Crippen molar-refractivity contribution in [1.82, 2.24) is 14.7 Å². The Balaban J connectivity index is 2.32. The second kappa shape index (κ2) is 4.64. The molecule has 1 fully saturated rings. The van der Waals surface area contributed by atoms with Crippen molar-refractivity contribution in [3.63, 3.8) is 0 Å². The zero-order valence-corrected chi connectivity index (χ0v) is 11.3. The maximum absolute atomic E-state index is 12.4. The Morgan fingerprint density at radius 3 is 2.72 bits per heavy atom. The van der Waals surface area contributed by atoms with E-state index in [2.05, 4.69) is 5.10 Å². The van der Waals surface area contributed by atoms with Crippen LogP contribution in [0.25, 0.3) is 0 Å². The molecule has 6 nitrogen and oxygen atoms in total. The van der Waals surface area contributed by atoms with Gasteiger partial charge in [-0.05, 0) is 13.8 Å². The third kappa shape index (κ3) is 2.10. The molecule has 1 aromatic rings. The third-order valence-electron chi connectivity index (χ3n) is 2.99. The molecule has 1 N–H and O–H groups in total. The summed E-state index contributed by atoms with van der Waals surface area (Å²) < 4.78 is 1.56. The van der Waals surface area contributed by atoms with Crippen LogP contribution in [-0.2, 0) is 11.8 Å². The van der Waals surface area contributed by atoms with Gasteiger partial charge in [-0.15, -0.1) is 11.8 Å². The molecule has 0 aromatic carbocycles. The number of thioether (sulfide) groups is 1. The number of carboxylic acids is 1. The van der Waals surface area contributed by atoms with Crippen molar-refractivity contribution < 1.29 is 14.7 Å². The lowest BCUT2D eigenvalue weighted by Crippen LogP contribution is -2.44. The van der Waals surface area contributed by atoms with E-state index in [0.717, 1.165) is 0 Å². The highest BCUT2D eigenvalue weighted by Gasteiger charge is 2.40. The van der Waals surface area contributed by atoms with Gasteiger partial charge in [0.05, 0.1) is 16.6 Å². The Kier molecular flexibility index (Phi) is 3.34. The van der Waals surface area contributed by atoms with Crippen LogP contribution in [0.5, 0.6) is 0 Å². The molecule has 0 saturated carbocycles. The molecule has 2 rings (SSSR count). The number of nitrogens with zero attached hydrogens (tertiary/aromatic N) is 3. The van der Waals surface area contributed by atoms with Crippen LogP contribution >= 0.6 is 11.8 Å². The molecule has 98 valence electrons. The van der Waals surface area contributed by atoms with Crippen molar-refractivity contribution in [2.45, 2.75) is 25.3 Å². The minimum absolute atomic E-state index is 0.127. The van der Waals surface area contributed by atoms with Gasteiger partial charge in [0.15, 0.2) is 0 Å². The highest BCUT2D eigenvalue weighted by Crippen LogP contribution is 2.30. The summed E-state index contributed by atoms with van der Waals surface area (Å²) in [5, 5.41) is 13.1. The molecule has 18 heavy (non-hydrogen) atoms. The molecule has 1 aromatic heterocycles. The summed E-state index contributed by atoms with van der Waals surface area (Å²) in [6, 6.07) is -0.753. The molecule has 0 spiro atoms. The average Bonchev–Trinajstić information content (AvgIpc) is 2.81. The van der Waals surface area contributed by atoms with Crippen LogP contribution in [0.15, 0.2) is 6.20 Å². The predicted octanol–water partition coefficient (Wildman–Crippen LogP) is 0.717. The molecule has 7 heteroatoms. The summed E-state index contributed by atoms with van der Waals surface area (Å²) in [7, 11) is 1.74. The Morgan fingerprint density at radius 1 is 1.56 bits per heavy atom. The van der Waals surface area contributed by atoms with E-state index in [0.29, 0.717) is 17.0 Å². The summed E-state index contributed by atoms with van der Waals surface area (Å²) in [6.07, 6.45) is 1.63. The van der Waals surface area contributed by atoms with Gasteiger partial charge in [0.1, 0.15) is 6.04 Å². The Morgan fingerprint density at radius 2 is 2.22 bits per heavy atom. The van der Waals surface area contributed by atoms with Gasteiger partial charge in [0.2, 0.25) is 0 Å². The normalized spacial score (nSPS) is 23.4. The van der Waals surface area contributed by atoms with Crippen molar-refractivity contribution in [2.24, 2.45) is 7.05 Å². The largest absolute Gasteiger partial charge is 0.480 e. The average molecular weight is 269 g/mol. The van der Waals surface area contributed by atoms with Crippen LogP contribution in [-0.4, -0.2) is 48.8 Å². The van der Waals surface area contributed by atoms with Crippen LogP contribution in [0.1, 0.15) is 23.0 Å². The van der Waals surface area contributed by atoms with E-state index in [1.54, 1.807) is 24.9 Å². The molecule has 1 amide bonds. The first-order chi connectivity index (χ1) is 8.41. The first-order valence-corrected chi connectivity index (χ1v) is 6.64. The number of hydrogen-bond acceptors (Lipinski definition) is 4. The second-order valence-electron chi connectivity index (χ2n) is 4.30. The van der Waals surface area contributed by atoms with Gasteiger partial charge >= 0.3 is 5.97 Å². The summed E-state index contributed by atoms with van der Waals surface area (Å²) in [6.45, 7) is 3.59. The molecule has 2 heterocycles. The molecule has 1 saturated heterocycles. The minimum Gasteiger partial charge on any atom is -0.480 e. The van der Waals surface area contributed by atoms with Crippen LogP contribution < -0.4 is 0 Å². The first kappa shape index (κ1) is 12.9. The second-order valence-corrected chi connectivity index (χ2v) is 5.65. The number of carbonyl (C=O) groups excluding carboxylic acids is 1. The van der Waals surface area contributed by atoms with E-state index >= 15 is 0 Å². The van der Waals surface area contributed by atoms with Crippen molar-refractivity contribution in [3.05, 3.63) is 17.5 Å². The van der Waals surface area contributed by atoms with Crippen molar-refractivity contribution in [2.75, 3.05) is 5.75 Å². The minimum atomic E-state index is -0.957. The van der Waals surface area contributed by atoms with E-state index in [1.807, 2.05) is 6.92 Å². The fourth-order valence-corrected chi connectivity index (χ4v) is 3.26. The molecule has 0 aliphatic carbocycles. The maximum Gasteiger partial charge on any atom is 0.327 e. The van der Waals surface area contributed by atoms with Crippen molar-refractivity contribution in [1.29, 1.82) is 0 Å². The number of hydrogen-bond donors (Lipinski definition) is 1. The number of aliphatic carboxylic acids is 1. The lowest BCUT2D eigenvalue weighted by molar-refractivity contribution is -0.141. The van der Waals surface area contributed by atoms with E-state index in [4.69, 9.17) is 5.11 Å². The van der Waals surface area contributed by atoms with Crippen LogP contribution in [0.2, 0.25) is 0 Å². The molecular formula is C11H15N3O3S. The van der Waals surface area contributed by atoms with Gasteiger partial charge in [-0.25, -0.2) is 4.79 Å². The highest BCUT2D eigenvalue weighted by atomic mass is 32.2. The molecule has 1 aliphatic rings. The number of carboxylic acid groups (broad SMARTS) is 1. The van der Waals surface area contributed by atoms with Crippen LogP contribution in [0.4, 0.5) is 0 Å². The quantitative estimate of drug-likeness (QED) is 0.856. The lowest BCUT2D eigenvalue weighted by Gasteiger charge is -2.24. The topological polar surface area (TPSA) is 75.4 Å². The fourth-order valence-electron chi connectivity index (χ4n) is 2.09. The van der Waals surface area contributed by atoms with Gasteiger partial charge < -0.3 is 10.0 Å². The summed E-state index contributed by atoms with van der Waals surface area (Å²) >= 11 is 1.47. The van der Waals surface area contributed by atoms with Gasteiger partial charge in [0.25, 0.3) is 5.91 Å². The SMILES string of the molecule is Cc1nn(C)cc1C(=O)N1C(C)SCC1C(=O)O. The van der Waals surface area contributed by atoms with Gasteiger partial charge in [-0.2, -0.15) is 5.10 Å².